The second-order valence-corrected chi connectivity index (χ2v) is 4.23. The number of halogens is 1. The van der Waals surface area contributed by atoms with Gasteiger partial charge < -0.3 is 4.90 Å². The van der Waals surface area contributed by atoms with E-state index in [4.69, 9.17) is 18.0 Å². The molecule has 0 radical (unpaired) electrons. The second-order valence-electron chi connectivity index (χ2n) is 3.87. The molecule has 0 fully saturated rings. The Hall–Kier alpha value is -2.05. The quantitative estimate of drug-likeness (QED) is 0.613. The summed E-state index contributed by atoms with van der Waals surface area (Å²) in [4.78, 5) is 17.7. The maximum Gasteiger partial charge on any atom is 0.256 e. The van der Waals surface area contributed by atoms with Gasteiger partial charge in [0.1, 0.15) is 5.15 Å². The summed E-state index contributed by atoms with van der Waals surface area (Å²) in [6.45, 7) is 0.260. The molecule has 90 valence electrons. The number of amides is 1. The molecule has 1 amide bonds. The van der Waals surface area contributed by atoms with Crippen LogP contribution in [0.15, 0.2) is 30.5 Å². The van der Waals surface area contributed by atoms with Crippen LogP contribution in [0.25, 0.3) is 10.8 Å². The highest BCUT2D eigenvalue weighted by molar-refractivity contribution is 6.34. The third-order valence-corrected chi connectivity index (χ3v) is 2.95. The maximum absolute atomic E-state index is 12.2. The summed E-state index contributed by atoms with van der Waals surface area (Å²) in [5, 5.41) is 1.94. The summed E-state index contributed by atoms with van der Waals surface area (Å²) < 4.78 is 0. The van der Waals surface area contributed by atoms with E-state index in [1.807, 2.05) is 24.3 Å². The number of aromatic nitrogens is 1. The smallest absolute Gasteiger partial charge is 0.256 e. The van der Waals surface area contributed by atoms with E-state index >= 15 is 0 Å². The van der Waals surface area contributed by atoms with Gasteiger partial charge in [-0.1, -0.05) is 41.8 Å². The molecule has 3 nitrogen and oxygen atoms in total. The van der Waals surface area contributed by atoms with Gasteiger partial charge in [-0.25, -0.2) is 4.98 Å². The third kappa shape index (κ3) is 2.15. The number of benzene rings is 1. The Bertz CT molecular complexity index is 646. The van der Waals surface area contributed by atoms with Crippen molar-refractivity contribution in [1.82, 2.24) is 9.88 Å². The lowest BCUT2D eigenvalue weighted by molar-refractivity contribution is 0.0814. The zero-order valence-electron chi connectivity index (χ0n) is 9.85. The second kappa shape index (κ2) is 5.07. The zero-order valence-corrected chi connectivity index (χ0v) is 10.6. The maximum atomic E-state index is 12.2. The molecule has 0 unspecified atom stereocenters. The molecule has 18 heavy (non-hydrogen) atoms. The van der Waals surface area contributed by atoms with Gasteiger partial charge in [-0.15, -0.1) is 6.42 Å². The number of fused-ring (bicyclic) bond motifs is 1. The summed E-state index contributed by atoms with van der Waals surface area (Å²) in [6, 6.07) is 7.40. The molecule has 0 N–H and O–H groups in total. The first-order chi connectivity index (χ1) is 8.65. The van der Waals surface area contributed by atoms with Crippen molar-refractivity contribution in [2.24, 2.45) is 0 Å². The summed E-state index contributed by atoms with van der Waals surface area (Å²) in [5.74, 6) is 2.28. The Morgan fingerprint density at radius 3 is 2.78 bits per heavy atom. The monoisotopic (exact) mass is 258 g/mol. The number of carbonyl (C=O) groups is 1. The molecule has 1 heterocycles. The predicted octanol–water partition coefficient (Wildman–Crippen LogP) is 2.59. The molecule has 0 aliphatic carbocycles. The molecule has 2 rings (SSSR count). The normalized spacial score (nSPS) is 10.1. The number of terminal acetylenes is 1. The molecule has 1 aromatic carbocycles. The molecule has 0 atom stereocenters. The molecule has 0 saturated carbocycles. The molecule has 0 spiro atoms. The fourth-order valence-corrected chi connectivity index (χ4v) is 1.96. The molecule has 4 heteroatoms. The van der Waals surface area contributed by atoms with E-state index in [-0.39, 0.29) is 12.5 Å². The molecule has 0 saturated heterocycles. The van der Waals surface area contributed by atoms with Crippen molar-refractivity contribution in [2.75, 3.05) is 13.6 Å². The van der Waals surface area contributed by atoms with Gasteiger partial charge in [-0.3, -0.25) is 4.79 Å². The van der Waals surface area contributed by atoms with Gasteiger partial charge in [0.15, 0.2) is 0 Å². The van der Waals surface area contributed by atoms with E-state index in [0.717, 1.165) is 10.8 Å². The summed E-state index contributed by atoms with van der Waals surface area (Å²) in [6.07, 6.45) is 6.69. The van der Waals surface area contributed by atoms with Crippen molar-refractivity contribution < 1.29 is 4.79 Å². The molecule has 1 aromatic heterocycles. The highest BCUT2D eigenvalue weighted by Crippen LogP contribution is 2.24. The Morgan fingerprint density at radius 2 is 2.11 bits per heavy atom. The van der Waals surface area contributed by atoms with Crippen LogP contribution >= 0.6 is 11.6 Å². The van der Waals surface area contributed by atoms with E-state index in [1.54, 1.807) is 7.05 Å². The Labute approximate surface area is 110 Å². The lowest BCUT2D eigenvalue weighted by atomic mass is 10.1. The van der Waals surface area contributed by atoms with Crippen molar-refractivity contribution in [3.05, 3.63) is 41.2 Å². The van der Waals surface area contributed by atoms with Gasteiger partial charge in [0.25, 0.3) is 5.91 Å². The topological polar surface area (TPSA) is 33.2 Å². The number of hydrogen-bond donors (Lipinski definition) is 0. The average Bonchev–Trinajstić information content (AvgIpc) is 2.39. The fourth-order valence-electron chi connectivity index (χ4n) is 1.74. The first kappa shape index (κ1) is 12.4. The molecule has 0 aliphatic rings. The minimum absolute atomic E-state index is 0.159. The van der Waals surface area contributed by atoms with Crippen LogP contribution in [0, 0.1) is 12.3 Å². The van der Waals surface area contributed by atoms with Crippen molar-refractivity contribution >= 4 is 28.3 Å². The van der Waals surface area contributed by atoms with Crippen LogP contribution in [-0.4, -0.2) is 29.4 Å². The number of rotatable bonds is 2. The van der Waals surface area contributed by atoms with Crippen LogP contribution in [0.3, 0.4) is 0 Å². The van der Waals surface area contributed by atoms with Crippen LogP contribution in [0.4, 0.5) is 0 Å². The third-order valence-electron chi connectivity index (χ3n) is 2.65. The minimum atomic E-state index is -0.159. The Balaban J connectivity index is 2.56. The standard InChI is InChI=1S/C14H11ClN2O/c1-3-8-17(2)14(18)12-9-16-13(15)11-7-5-4-6-10(11)12/h1,4-7,9H,8H2,2H3. The summed E-state index contributed by atoms with van der Waals surface area (Å²) in [7, 11) is 1.66. The molecule has 0 bridgehead atoms. The molecular formula is C14H11ClN2O. The van der Waals surface area contributed by atoms with Gasteiger partial charge in [-0.05, 0) is 5.39 Å². The number of nitrogens with zero attached hydrogens (tertiary/aromatic N) is 2. The van der Waals surface area contributed by atoms with E-state index in [9.17, 15) is 4.79 Å². The zero-order chi connectivity index (χ0) is 13.1. The predicted molar refractivity (Wildman–Crippen MR) is 72.5 cm³/mol. The van der Waals surface area contributed by atoms with Gasteiger partial charge in [-0.2, -0.15) is 0 Å². The highest BCUT2D eigenvalue weighted by atomic mass is 35.5. The van der Waals surface area contributed by atoms with Crippen LogP contribution in [-0.2, 0) is 0 Å². The summed E-state index contributed by atoms with van der Waals surface area (Å²) in [5.41, 5.74) is 0.507. The van der Waals surface area contributed by atoms with Gasteiger partial charge in [0.05, 0.1) is 12.1 Å². The summed E-state index contributed by atoms with van der Waals surface area (Å²) >= 11 is 6.01. The van der Waals surface area contributed by atoms with E-state index < -0.39 is 0 Å². The van der Waals surface area contributed by atoms with Gasteiger partial charge in [0, 0.05) is 18.6 Å². The highest BCUT2D eigenvalue weighted by Gasteiger charge is 2.15. The largest absolute Gasteiger partial charge is 0.331 e. The van der Waals surface area contributed by atoms with E-state index in [1.165, 1.54) is 11.1 Å². The van der Waals surface area contributed by atoms with Gasteiger partial charge >= 0.3 is 0 Å². The van der Waals surface area contributed by atoms with Crippen LogP contribution < -0.4 is 0 Å². The first-order valence-corrected chi connectivity index (χ1v) is 5.75. The Kier molecular flexibility index (Phi) is 3.50. The minimum Gasteiger partial charge on any atom is -0.331 e. The first-order valence-electron chi connectivity index (χ1n) is 5.37. The molecule has 2 aromatic rings. The van der Waals surface area contributed by atoms with Gasteiger partial charge in [0.2, 0.25) is 0 Å². The van der Waals surface area contributed by atoms with Crippen LogP contribution in [0.5, 0.6) is 0 Å². The van der Waals surface area contributed by atoms with Crippen molar-refractivity contribution in [3.63, 3.8) is 0 Å². The number of hydrogen-bond acceptors (Lipinski definition) is 2. The Morgan fingerprint density at radius 1 is 1.44 bits per heavy atom. The molecule has 0 aliphatic heterocycles. The SMILES string of the molecule is C#CCN(C)C(=O)c1cnc(Cl)c2ccccc12. The van der Waals surface area contributed by atoms with Crippen molar-refractivity contribution in [1.29, 1.82) is 0 Å². The van der Waals surface area contributed by atoms with E-state index in [0.29, 0.717) is 10.7 Å². The van der Waals surface area contributed by atoms with Crippen molar-refractivity contribution in [2.45, 2.75) is 0 Å². The molecular weight excluding hydrogens is 248 g/mol. The lowest BCUT2D eigenvalue weighted by Crippen LogP contribution is -2.27. The van der Waals surface area contributed by atoms with E-state index in [2.05, 4.69) is 10.9 Å². The fraction of sp³-hybridized carbons (Fsp3) is 0.143. The number of carbonyl (C=O) groups excluding carboxylic acids is 1. The van der Waals surface area contributed by atoms with Crippen LogP contribution in [0.1, 0.15) is 10.4 Å². The van der Waals surface area contributed by atoms with Crippen LogP contribution in [0.2, 0.25) is 5.15 Å². The average molecular weight is 259 g/mol. The van der Waals surface area contributed by atoms with Crippen molar-refractivity contribution in [3.8, 4) is 12.3 Å². The lowest BCUT2D eigenvalue weighted by Gasteiger charge is -2.15. The number of pyridine rings is 1.